The van der Waals surface area contributed by atoms with Crippen molar-refractivity contribution < 1.29 is 0 Å². The Hall–Kier alpha value is -2.29. The van der Waals surface area contributed by atoms with Gasteiger partial charge in [-0.05, 0) is 29.8 Å². The number of nitrogens with zero attached hydrogens (tertiary/aromatic N) is 2. The summed E-state index contributed by atoms with van der Waals surface area (Å²) in [6.07, 6.45) is 5.64. The summed E-state index contributed by atoms with van der Waals surface area (Å²) in [6.45, 7) is 3.09. The van der Waals surface area contributed by atoms with Gasteiger partial charge in [0.1, 0.15) is 0 Å². The Kier molecular flexibility index (Phi) is 3.19. The number of imidazole rings is 1. The van der Waals surface area contributed by atoms with E-state index in [-0.39, 0.29) is 0 Å². The average Bonchev–Trinajstić information content (AvgIpc) is 2.91. The van der Waals surface area contributed by atoms with Crippen LogP contribution in [-0.2, 0) is 6.54 Å². The fourth-order valence-electron chi connectivity index (χ4n) is 2.32. The summed E-state index contributed by atoms with van der Waals surface area (Å²) in [5.41, 5.74) is 1.16. The number of nitrogens with one attached hydrogen (secondary N) is 1. The van der Waals surface area contributed by atoms with Crippen LogP contribution in [0.25, 0.3) is 10.8 Å². The molecule has 96 valence electrons. The van der Waals surface area contributed by atoms with Crippen molar-refractivity contribution in [2.45, 2.75) is 19.5 Å². The van der Waals surface area contributed by atoms with Gasteiger partial charge in [0.05, 0.1) is 6.33 Å². The fraction of sp³-hybridized carbons (Fsp3) is 0.188. The molecular weight excluding hydrogens is 234 g/mol. The van der Waals surface area contributed by atoms with E-state index in [4.69, 9.17) is 0 Å². The van der Waals surface area contributed by atoms with Crippen LogP contribution in [-0.4, -0.2) is 15.6 Å². The monoisotopic (exact) mass is 251 g/mol. The largest absolute Gasteiger partial charge is 0.381 e. The molecule has 1 unspecified atom stereocenters. The third-order valence-electron chi connectivity index (χ3n) is 3.21. The zero-order valence-electron chi connectivity index (χ0n) is 11.0. The molecule has 0 saturated heterocycles. The molecule has 0 amide bonds. The molecule has 0 radical (unpaired) electrons. The third kappa shape index (κ3) is 2.76. The normalized spacial score (nSPS) is 12.5. The first-order valence-electron chi connectivity index (χ1n) is 6.52. The molecule has 3 aromatic rings. The summed E-state index contributed by atoms with van der Waals surface area (Å²) in [6, 6.07) is 15.2. The van der Waals surface area contributed by atoms with E-state index in [0.29, 0.717) is 6.04 Å². The summed E-state index contributed by atoms with van der Waals surface area (Å²) in [5.74, 6) is 0. The standard InChI is InChI=1S/C16H17N3/c1-13(11-19-9-8-17-12-19)18-16-7-6-14-4-2-3-5-15(14)10-16/h2-10,12-13,18H,11H2,1H3. The Morgan fingerprint density at radius 2 is 2.00 bits per heavy atom. The van der Waals surface area contributed by atoms with Crippen LogP contribution in [0.1, 0.15) is 6.92 Å². The highest BCUT2D eigenvalue weighted by Crippen LogP contribution is 2.19. The number of fused-ring (bicyclic) bond motifs is 1. The lowest BCUT2D eigenvalue weighted by Gasteiger charge is -2.16. The molecule has 0 spiro atoms. The predicted molar refractivity (Wildman–Crippen MR) is 79.3 cm³/mol. The fourth-order valence-corrected chi connectivity index (χ4v) is 2.32. The van der Waals surface area contributed by atoms with E-state index < -0.39 is 0 Å². The Balaban J connectivity index is 1.73. The second kappa shape index (κ2) is 5.14. The van der Waals surface area contributed by atoms with Gasteiger partial charge in [0.25, 0.3) is 0 Å². The first-order valence-corrected chi connectivity index (χ1v) is 6.52. The Bertz CT molecular complexity index is 659. The smallest absolute Gasteiger partial charge is 0.0946 e. The zero-order chi connectivity index (χ0) is 13.1. The van der Waals surface area contributed by atoms with E-state index in [9.17, 15) is 0 Å². The Morgan fingerprint density at radius 1 is 1.16 bits per heavy atom. The van der Waals surface area contributed by atoms with Crippen molar-refractivity contribution >= 4 is 16.5 Å². The van der Waals surface area contributed by atoms with Crippen molar-refractivity contribution in [3.8, 4) is 0 Å². The predicted octanol–water partition coefficient (Wildman–Crippen LogP) is 3.54. The maximum atomic E-state index is 4.06. The maximum Gasteiger partial charge on any atom is 0.0946 e. The molecule has 0 aliphatic carbocycles. The van der Waals surface area contributed by atoms with Crippen molar-refractivity contribution in [2.75, 3.05) is 5.32 Å². The molecular formula is C16H17N3. The van der Waals surface area contributed by atoms with Gasteiger partial charge in [-0.25, -0.2) is 4.98 Å². The van der Waals surface area contributed by atoms with Crippen LogP contribution in [0, 0.1) is 0 Å². The van der Waals surface area contributed by atoms with Crippen LogP contribution in [0.2, 0.25) is 0 Å². The lowest BCUT2D eigenvalue weighted by atomic mass is 10.1. The number of hydrogen-bond acceptors (Lipinski definition) is 2. The third-order valence-corrected chi connectivity index (χ3v) is 3.21. The summed E-state index contributed by atoms with van der Waals surface area (Å²) in [5, 5.41) is 6.06. The lowest BCUT2D eigenvalue weighted by Crippen LogP contribution is -2.21. The van der Waals surface area contributed by atoms with E-state index in [1.807, 2.05) is 18.7 Å². The Labute approximate surface area is 112 Å². The molecule has 3 nitrogen and oxygen atoms in total. The van der Waals surface area contributed by atoms with Crippen molar-refractivity contribution in [1.82, 2.24) is 9.55 Å². The molecule has 0 aliphatic rings. The van der Waals surface area contributed by atoms with E-state index in [1.54, 1.807) is 0 Å². The highest BCUT2D eigenvalue weighted by molar-refractivity contribution is 5.85. The van der Waals surface area contributed by atoms with Crippen LogP contribution in [0.3, 0.4) is 0 Å². The number of anilines is 1. The Morgan fingerprint density at radius 3 is 2.79 bits per heavy atom. The molecule has 0 aliphatic heterocycles. The zero-order valence-corrected chi connectivity index (χ0v) is 11.0. The van der Waals surface area contributed by atoms with Crippen LogP contribution in [0.4, 0.5) is 5.69 Å². The van der Waals surface area contributed by atoms with Crippen molar-refractivity contribution in [1.29, 1.82) is 0 Å². The molecule has 0 fully saturated rings. The summed E-state index contributed by atoms with van der Waals surface area (Å²) >= 11 is 0. The van der Waals surface area contributed by atoms with Crippen LogP contribution >= 0.6 is 0 Å². The molecule has 0 saturated carbocycles. The van der Waals surface area contributed by atoms with E-state index >= 15 is 0 Å². The first kappa shape index (κ1) is 11.8. The van der Waals surface area contributed by atoms with Crippen molar-refractivity contribution in [3.05, 3.63) is 61.2 Å². The molecule has 3 rings (SSSR count). The number of aromatic nitrogens is 2. The van der Waals surface area contributed by atoms with Gasteiger partial charge < -0.3 is 9.88 Å². The van der Waals surface area contributed by atoms with Gasteiger partial charge in [-0.15, -0.1) is 0 Å². The molecule has 0 bridgehead atoms. The number of rotatable bonds is 4. The average molecular weight is 251 g/mol. The second-order valence-corrected chi connectivity index (χ2v) is 4.87. The molecule has 3 heteroatoms. The lowest BCUT2D eigenvalue weighted by molar-refractivity contribution is 0.619. The van der Waals surface area contributed by atoms with E-state index in [1.165, 1.54) is 10.8 Å². The van der Waals surface area contributed by atoms with Gasteiger partial charge in [-0.2, -0.15) is 0 Å². The SMILES string of the molecule is CC(Cn1ccnc1)Nc1ccc2ccccc2c1. The molecule has 1 heterocycles. The first-order chi connectivity index (χ1) is 9.31. The quantitative estimate of drug-likeness (QED) is 0.768. The summed E-state index contributed by atoms with van der Waals surface area (Å²) in [7, 11) is 0. The van der Waals surface area contributed by atoms with Gasteiger partial charge in [-0.1, -0.05) is 30.3 Å². The van der Waals surface area contributed by atoms with Crippen LogP contribution in [0.15, 0.2) is 61.2 Å². The molecule has 2 aromatic carbocycles. The van der Waals surface area contributed by atoms with Crippen LogP contribution < -0.4 is 5.32 Å². The van der Waals surface area contributed by atoms with E-state index in [0.717, 1.165) is 12.2 Å². The number of hydrogen-bond donors (Lipinski definition) is 1. The van der Waals surface area contributed by atoms with Gasteiger partial charge >= 0.3 is 0 Å². The molecule has 1 aromatic heterocycles. The van der Waals surface area contributed by atoms with Gasteiger partial charge in [-0.3, -0.25) is 0 Å². The maximum absolute atomic E-state index is 4.06. The van der Waals surface area contributed by atoms with Crippen LogP contribution in [0.5, 0.6) is 0 Å². The topological polar surface area (TPSA) is 29.9 Å². The van der Waals surface area contributed by atoms with Crippen molar-refractivity contribution in [3.63, 3.8) is 0 Å². The van der Waals surface area contributed by atoms with Gasteiger partial charge in [0.15, 0.2) is 0 Å². The highest BCUT2D eigenvalue weighted by Gasteiger charge is 2.03. The minimum atomic E-state index is 0.357. The van der Waals surface area contributed by atoms with E-state index in [2.05, 4.69) is 64.3 Å². The highest BCUT2D eigenvalue weighted by atomic mass is 15.1. The van der Waals surface area contributed by atoms with Crippen molar-refractivity contribution in [2.24, 2.45) is 0 Å². The minimum Gasteiger partial charge on any atom is -0.381 e. The van der Waals surface area contributed by atoms with Gasteiger partial charge in [0.2, 0.25) is 0 Å². The molecule has 19 heavy (non-hydrogen) atoms. The second-order valence-electron chi connectivity index (χ2n) is 4.87. The minimum absolute atomic E-state index is 0.357. The number of benzene rings is 2. The molecule has 1 N–H and O–H groups in total. The summed E-state index contributed by atoms with van der Waals surface area (Å²) < 4.78 is 2.08. The molecule has 1 atom stereocenters. The summed E-state index contributed by atoms with van der Waals surface area (Å²) in [4.78, 5) is 4.06. The van der Waals surface area contributed by atoms with Gasteiger partial charge in [0, 0.05) is 30.7 Å².